The number of nitrogens with zero attached hydrogens (tertiary/aromatic N) is 2. The molecule has 1 saturated heterocycles. The Labute approximate surface area is 272 Å². The number of carbonyl (C=O) groups is 3. The summed E-state index contributed by atoms with van der Waals surface area (Å²) in [5, 5.41) is 4.28. The summed E-state index contributed by atoms with van der Waals surface area (Å²) in [6.07, 6.45) is 8.05. The predicted octanol–water partition coefficient (Wildman–Crippen LogP) is 3.21. The molecule has 3 amide bonds. The molecule has 1 aromatic heterocycles. The van der Waals surface area contributed by atoms with Crippen LogP contribution in [0.25, 0.3) is 21.7 Å². The first-order chi connectivity index (χ1) is 22.6. The third kappa shape index (κ3) is 6.18. The molecule has 248 valence electrons. The van der Waals surface area contributed by atoms with Crippen molar-refractivity contribution in [2.75, 3.05) is 6.54 Å². The molecule has 4 N–H and O–H groups in total. The molecule has 2 saturated carbocycles. The third-order valence-electron chi connectivity index (χ3n) is 9.79. The van der Waals surface area contributed by atoms with E-state index in [0.29, 0.717) is 30.2 Å². The molecule has 3 fully saturated rings. The van der Waals surface area contributed by atoms with Gasteiger partial charge < -0.3 is 20.7 Å². The third-order valence-corrected chi connectivity index (χ3v) is 11.6. The quantitative estimate of drug-likeness (QED) is 0.277. The van der Waals surface area contributed by atoms with E-state index in [1.54, 1.807) is 6.07 Å². The van der Waals surface area contributed by atoms with Gasteiger partial charge in [-0.05, 0) is 62.1 Å². The number of rotatable bonds is 5. The van der Waals surface area contributed by atoms with E-state index in [-0.39, 0.29) is 25.3 Å². The van der Waals surface area contributed by atoms with E-state index < -0.39 is 68.5 Å². The molecule has 5 atom stereocenters. The molecular weight excluding hydrogens is 625 g/mol. The summed E-state index contributed by atoms with van der Waals surface area (Å²) in [6.45, 7) is 0.0223. The zero-order chi connectivity index (χ0) is 32.9. The number of nitrogens with one attached hydrogen (secondary N) is 2. The first-order valence-corrected chi connectivity index (χ1v) is 17.9. The second-order valence-corrected chi connectivity index (χ2v) is 15.2. The van der Waals surface area contributed by atoms with Crippen LogP contribution in [-0.4, -0.2) is 71.5 Å². The average molecular weight is 664 g/mol. The number of hydrogen-bond acceptors (Lipinski definition) is 8. The van der Waals surface area contributed by atoms with Gasteiger partial charge in [0.05, 0.1) is 23.4 Å². The van der Waals surface area contributed by atoms with Gasteiger partial charge in [0.1, 0.15) is 23.5 Å². The summed E-state index contributed by atoms with van der Waals surface area (Å²) in [5.74, 6) is -2.45. The molecule has 0 radical (unpaired) electrons. The van der Waals surface area contributed by atoms with Crippen molar-refractivity contribution in [2.45, 2.75) is 86.8 Å². The molecule has 47 heavy (non-hydrogen) atoms. The van der Waals surface area contributed by atoms with Gasteiger partial charge in [-0.1, -0.05) is 49.3 Å². The zero-order valence-corrected chi connectivity index (χ0v) is 26.7. The van der Waals surface area contributed by atoms with Crippen LogP contribution < -0.4 is 20.5 Å². The highest BCUT2D eigenvalue weighted by Gasteiger charge is 2.62. The second-order valence-electron chi connectivity index (χ2n) is 13.2. The lowest BCUT2D eigenvalue weighted by molar-refractivity contribution is -0.140. The number of nitrogens with two attached hydrogens (primary N) is 1. The molecule has 2 aromatic carbocycles. The fraction of sp³-hybridized carbons (Fsp3) is 0.471. The van der Waals surface area contributed by atoms with Gasteiger partial charge in [0.25, 0.3) is 5.91 Å². The molecule has 4 aliphatic rings. The number of pyridine rings is 1. The number of para-hydroxylation sites is 1. The lowest BCUT2D eigenvalue weighted by Gasteiger charge is -2.28. The minimum absolute atomic E-state index is 0.0223. The molecule has 11 nitrogen and oxygen atoms in total. The maximum Gasteiger partial charge on any atom is 0.259 e. The first-order valence-electron chi connectivity index (χ1n) is 16.3. The van der Waals surface area contributed by atoms with Crippen molar-refractivity contribution in [2.24, 2.45) is 11.7 Å². The van der Waals surface area contributed by atoms with E-state index in [1.807, 2.05) is 36.4 Å². The predicted molar refractivity (Wildman–Crippen MR) is 173 cm³/mol. The fourth-order valence-electron chi connectivity index (χ4n) is 6.89. The molecule has 13 heteroatoms. The molecule has 7 rings (SSSR count). The van der Waals surface area contributed by atoms with Crippen molar-refractivity contribution < 1.29 is 31.9 Å². The van der Waals surface area contributed by atoms with E-state index in [2.05, 4.69) is 15.0 Å². The van der Waals surface area contributed by atoms with Gasteiger partial charge >= 0.3 is 0 Å². The van der Waals surface area contributed by atoms with Gasteiger partial charge in [-0.2, -0.15) is 0 Å². The number of hydrogen-bond donors (Lipinski definition) is 3. The molecular formula is C34H38FN5O6S. The van der Waals surface area contributed by atoms with Crippen LogP contribution in [0.15, 0.2) is 54.6 Å². The molecule has 0 bridgehead atoms. The number of aromatic nitrogens is 1. The Balaban J connectivity index is 1.19. The van der Waals surface area contributed by atoms with Gasteiger partial charge in [0, 0.05) is 23.1 Å². The Morgan fingerprint density at radius 1 is 1.06 bits per heavy atom. The van der Waals surface area contributed by atoms with Gasteiger partial charge in [-0.3, -0.25) is 19.1 Å². The fourth-order valence-corrected chi connectivity index (χ4v) is 8.25. The number of benzene rings is 2. The van der Waals surface area contributed by atoms with E-state index in [1.165, 1.54) is 17.0 Å². The number of fused-ring (bicyclic) bond motifs is 5. The maximum absolute atomic E-state index is 14.4. The summed E-state index contributed by atoms with van der Waals surface area (Å²) >= 11 is 0. The highest BCUT2D eigenvalue weighted by Crippen LogP contribution is 2.46. The Bertz CT molecular complexity index is 1900. The first kappa shape index (κ1) is 31.5. The van der Waals surface area contributed by atoms with E-state index >= 15 is 0 Å². The molecule has 0 unspecified atom stereocenters. The number of halogens is 1. The summed E-state index contributed by atoms with van der Waals surface area (Å²) in [5.41, 5.74) is 5.55. The molecule has 0 spiro atoms. The smallest absolute Gasteiger partial charge is 0.259 e. The average Bonchev–Trinajstić information content (AvgIpc) is 3.97. The van der Waals surface area contributed by atoms with E-state index in [4.69, 9.17) is 10.5 Å². The van der Waals surface area contributed by atoms with Crippen LogP contribution in [0, 0.1) is 11.7 Å². The van der Waals surface area contributed by atoms with Crippen molar-refractivity contribution in [3.63, 3.8) is 0 Å². The van der Waals surface area contributed by atoms with Crippen LogP contribution in [0.3, 0.4) is 0 Å². The summed E-state index contributed by atoms with van der Waals surface area (Å²) in [7, 11) is -3.85. The summed E-state index contributed by atoms with van der Waals surface area (Å²) in [6, 6.07) is 9.95. The highest BCUT2D eigenvalue weighted by atomic mass is 32.2. The summed E-state index contributed by atoms with van der Waals surface area (Å²) < 4.78 is 48.4. The van der Waals surface area contributed by atoms with Crippen LogP contribution in [0.2, 0.25) is 0 Å². The lowest BCUT2D eigenvalue weighted by Crippen LogP contribution is -2.57. The molecule has 2 aliphatic heterocycles. The van der Waals surface area contributed by atoms with E-state index in [0.717, 1.165) is 36.5 Å². The maximum atomic E-state index is 14.4. The monoisotopic (exact) mass is 663 g/mol. The highest BCUT2D eigenvalue weighted by molar-refractivity contribution is 7.91. The largest absolute Gasteiger partial charge is 0.472 e. The normalized spacial score (nSPS) is 29.3. The van der Waals surface area contributed by atoms with Crippen LogP contribution >= 0.6 is 0 Å². The number of sulfonamides is 1. The van der Waals surface area contributed by atoms with Gasteiger partial charge in [0.2, 0.25) is 27.7 Å². The molecule has 3 heterocycles. The van der Waals surface area contributed by atoms with E-state index in [9.17, 15) is 27.2 Å². The SMILES string of the molecule is N[C@H]1CCCCC/C=C\[C@@H]2C[C@@]2(C(=O)NS(=O)(=O)C2CC2)NC(=O)[C@@H]2C[C@@H](Oc3nc4ccccc4c4ccc(F)cc34)CN2C1=O. The Morgan fingerprint density at radius 2 is 1.87 bits per heavy atom. The van der Waals surface area contributed by atoms with Crippen LogP contribution in [0.4, 0.5) is 4.39 Å². The number of ether oxygens (including phenoxy) is 1. The van der Waals surface area contributed by atoms with Crippen LogP contribution in [0.5, 0.6) is 5.88 Å². The Kier molecular flexibility index (Phi) is 8.15. The van der Waals surface area contributed by atoms with Gasteiger partial charge in [0.15, 0.2) is 0 Å². The lowest BCUT2D eigenvalue weighted by atomic mass is 10.1. The van der Waals surface area contributed by atoms with Gasteiger partial charge in [-0.15, -0.1) is 0 Å². The standard InChI is InChI=1S/C34H38FN5O6S/c35-21-12-15-24-25-9-6-7-11-28(25)37-31(26(24)16-21)46-22-17-29-30(41)38-34(33(43)39-47(44,45)23-13-14-23)18-20(34)8-4-2-1-3-5-10-27(36)32(42)40(29)19-22/h4,6-9,11-12,15-16,20,22-23,27,29H,1-3,5,10,13-14,17-19,36H2,(H,38,41)(H,39,43)/b8-4-/t20-,22-,27+,29+,34-/m1/s1. The Morgan fingerprint density at radius 3 is 2.68 bits per heavy atom. The topological polar surface area (TPSA) is 161 Å². The van der Waals surface area contributed by atoms with Crippen molar-refractivity contribution >= 4 is 49.4 Å². The van der Waals surface area contributed by atoms with Crippen molar-refractivity contribution in [3.8, 4) is 5.88 Å². The molecule has 3 aromatic rings. The Hall–Kier alpha value is -4.10. The van der Waals surface area contributed by atoms with Crippen LogP contribution in [0.1, 0.15) is 57.8 Å². The van der Waals surface area contributed by atoms with Crippen molar-refractivity contribution in [3.05, 3.63) is 60.4 Å². The molecule has 2 aliphatic carbocycles. The minimum atomic E-state index is -3.85. The van der Waals surface area contributed by atoms with Gasteiger partial charge in [-0.25, -0.2) is 17.8 Å². The van der Waals surface area contributed by atoms with Crippen LogP contribution in [-0.2, 0) is 24.4 Å². The summed E-state index contributed by atoms with van der Waals surface area (Å²) in [4.78, 5) is 47.4. The minimum Gasteiger partial charge on any atom is -0.472 e. The second kappa shape index (κ2) is 12.2. The van der Waals surface area contributed by atoms with Crippen molar-refractivity contribution in [1.29, 1.82) is 0 Å². The number of carbonyl (C=O) groups excluding carboxylic acids is 3. The van der Waals surface area contributed by atoms with Crippen molar-refractivity contribution in [1.82, 2.24) is 19.9 Å². The zero-order valence-electron chi connectivity index (χ0n) is 25.9. The number of amides is 3. The number of allylic oxidation sites excluding steroid dienone is 1.